The Kier molecular flexibility index (Phi) is 3.97. The van der Waals surface area contributed by atoms with Crippen LogP contribution in [-0.4, -0.2) is 66.3 Å². The summed E-state index contributed by atoms with van der Waals surface area (Å²) in [5, 5.41) is 8.81. The summed E-state index contributed by atoms with van der Waals surface area (Å²) in [4.78, 5) is 5.07. The lowest BCUT2D eigenvalue weighted by Gasteiger charge is -2.38. The maximum absolute atomic E-state index is 8.81. The molecule has 2 unspecified atom stereocenters. The van der Waals surface area contributed by atoms with Crippen LogP contribution in [0.25, 0.3) is 0 Å². The van der Waals surface area contributed by atoms with Crippen molar-refractivity contribution in [3.8, 4) is 0 Å². The number of rotatable bonds is 4. The molecular formula is C11H23N3O. The van der Waals surface area contributed by atoms with Gasteiger partial charge in [0.15, 0.2) is 0 Å². The fourth-order valence-electron chi connectivity index (χ4n) is 2.81. The molecule has 88 valence electrons. The van der Waals surface area contributed by atoms with Crippen molar-refractivity contribution >= 4 is 0 Å². The largest absolute Gasteiger partial charge is 0.396 e. The van der Waals surface area contributed by atoms with Crippen LogP contribution in [0.1, 0.15) is 19.3 Å². The van der Waals surface area contributed by atoms with Crippen LogP contribution in [-0.2, 0) is 0 Å². The number of nitrogens with two attached hydrogens (primary N) is 1. The lowest BCUT2D eigenvalue weighted by molar-refractivity contribution is 0.0971. The number of nitrogens with zero attached hydrogens (tertiary/aromatic N) is 2. The second-order valence-electron chi connectivity index (χ2n) is 4.86. The topological polar surface area (TPSA) is 52.7 Å². The van der Waals surface area contributed by atoms with Crippen LogP contribution >= 0.6 is 0 Å². The van der Waals surface area contributed by atoms with E-state index in [1.165, 1.54) is 32.5 Å². The fraction of sp³-hybridized carbons (Fsp3) is 1.00. The molecule has 0 aromatic heterocycles. The third-order valence-corrected chi connectivity index (χ3v) is 3.66. The van der Waals surface area contributed by atoms with E-state index in [2.05, 4.69) is 9.80 Å². The van der Waals surface area contributed by atoms with Gasteiger partial charge in [0.05, 0.1) is 0 Å². The SMILES string of the molecule is NC(CCO)CN1CCN2CCCC2C1. The molecule has 0 aliphatic carbocycles. The van der Waals surface area contributed by atoms with Gasteiger partial charge in [-0.3, -0.25) is 9.80 Å². The molecule has 2 aliphatic rings. The number of hydrogen-bond donors (Lipinski definition) is 2. The van der Waals surface area contributed by atoms with Gasteiger partial charge >= 0.3 is 0 Å². The van der Waals surface area contributed by atoms with Gasteiger partial charge in [0.2, 0.25) is 0 Å². The minimum Gasteiger partial charge on any atom is -0.396 e. The van der Waals surface area contributed by atoms with Crippen LogP contribution < -0.4 is 5.73 Å². The highest BCUT2D eigenvalue weighted by Crippen LogP contribution is 2.21. The van der Waals surface area contributed by atoms with Crippen LogP contribution in [0, 0.1) is 0 Å². The molecule has 0 amide bonds. The van der Waals surface area contributed by atoms with Gasteiger partial charge in [-0.25, -0.2) is 0 Å². The van der Waals surface area contributed by atoms with Gasteiger partial charge in [-0.2, -0.15) is 0 Å². The first-order valence-electron chi connectivity index (χ1n) is 6.12. The quantitative estimate of drug-likeness (QED) is 0.659. The van der Waals surface area contributed by atoms with Crippen molar-refractivity contribution in [2.45, 2.75) is 31.3 Å². The van der Waals surface area contributed by atoms with Crippen molar-refractivity contribution in [2.24, 2.45) is 5.73 Å². The smallest absolute Gasteiger partial charge is 0.0446 e. The Bertz CT molecular complexity index is 200. The number of aliphatic hydroxyl groups excluding tert-OH is 1. The Hall–Kier alpha value is -0.160. The summed E-state index contributed by atoms with van der Waals surface area (Å²) in [5.74, 6) is 0. The summed E-state index contributed by atoms with van der Waals surface area (Å²) in [6, 6.07) is 0.919. The van der Waals surface area contributed by atoms with Crippen LogP contribution in [0.5, 0.6) is 0 Å². The standard InChI is InChI=1S/C11H23N3O/c12-10(3-7-15)8-13-5-6-14-4-1-2-11(14)9-13/h10-11,15H,1-9,12H2. The predicted molar refractivity (Wildman–Crippen MR) is 60.7 cm³/mol. The van der Waals surface area contributed by atoms with Crippen LogP contribution in [0.4, 0.5) is 0 Å². The molecule has 0 aromatic rings. The van der Waals surface area contributed by atoms with Gasteiger partial charge in [-0.15, -0.1) is 0 Å². The molecular weight excluding hydrogens is 190 g/mol. The number of fused-ring (bicyclic) bond motifs is 1. The van der Waals surface area contributed by atoms with Crippen molar-refractivity contribution in [3.63, 3.8) is 0 Å². The van der Waals surface area contributed by atoms with Gasteiger partial charge in [-0.1, -0.05) is 0 Å². The average molecular weight is 213 g/mol. The molecule has 3 N–H and O–H groups in total. The highest BCUT2D eigenvalue weighted by molar-refractivity contribution is 4.87. The molecule has 2 saturated heterocycles. The molecule has 2 fully saturated rings. The summed E-state index contributed by atoms with van der Waals surface area (Å²) in [7, 11) is 0. The zero-order valence-corrected chi connectivity index (χ0v) is 9.44. The van der Waals surface area contributed by atoms with E-state index in [4.69, 9.17) is 10.8 Å². The van der Waals surface area contributed by atoms with Crippen molar-refractivity contribution in [1.29, 1.82) is 0 Å². The predicted octanol–water partition coefficient (Wildman–Crippen LogP) is -0.524. The van der Waals surface area contributed by atoms with E-state index in [0.717, 1.165) is 25.6 Å². The van der Waals surface area contributed by atoms with Crippen molar-refractivity contribution < 1.29 is 5.11 Å². The summed E-state index contributed by atoms with van der Waals surface area (Å²) >= 11 is 0. The molecule has 4 heteroatoms. The van der Waals surface area contributed by atoms with Gasteiger partial charge in [0.1, 0.15) is 0 Å². The Morgan fingerprint density at radius 1 is 1.33 bits per heavy atom. The van der Waals surface area contributed by atoms with Crippen LogP contribution in [0.2, 0.25) is 0 Å². The van der Waals surface area contributed by atoms with E-state index in [9.17, 15) is 0 Å². The Morgan fingerprint density at radius 3 is 3.00 bits per heavy atom. The first-order chi connectivity index (χ1) is 7.29. The number of piperazine rings is 1. The molecule has 0 aromatic carbocycles. The Balaban J connectivity index is 1.75. The highest BCUT2D eigenvalue weighted by Gasteiger charge is 2.30. The normalized spacial score (nSPS) is 30.4. The van der Waals surface area contributed by atoms with E-state index >= 15 is 0 Å². The Labute approximate surface area is 92.0 Å². The molecule has 0 radical (unpaired) electrons. The van der Waals surface area contributed by atoms with Crippen molar-refractivity contribution in [1.82, 2.24) is 9.80 Å². The molecule has 2 aliphatic heterocycles. The highest BCUT2D eigenvalue weighted by atomic mass is 16.3. The molecule has 4 nitrogen and oxygen atoms in total. The second-order valence-corrected chi connectivity index (χ2v) is 4.86. The van der Waals surface area contributed by atoms with Gasteiger partial charge in [-0.05, 0) is 25.8 Å². The lowest BCUT2D eigenvalue weighted by Crippen LogP contribution is -2.52. The monoisotopic (exact) mass is 213 g/mol. The fourth-order valence-corrected chi connectivity index (χ4v) is 2.81. The number of hydrogen-bond acceptors (Lipinski definition) is 4. The molecule has 2 atom stereocenters. The molecule has 15 heavy (non-hydrogen) atoms. The molecule has 0 saturated carbocycles. The maximum atomic E-state index is 8.81. The first kappa shape index (κ1) is 11.3. The van der Waals surface area contributed by atoms with Crippen LogP contribution in [0.3, 0.4) is 0 Å². The molecule has 0 bridgehead atoms. The third-order valence-electron chi connectivity index (χ3n) is 3.66. The number of aliphatic hydroxyl groups is 1. The van der Waals surface area contributed by atoms with E-state index in [1.807, 2.05) is 0 Å². The summed E-state index contributed by atoms with van der Waals surface area (Å²) in [6.07, 6.45) is 3.44. The van der Waals surface area contributed by atoms with Crippen molar-refractivity contribution in [2.75, 3.05) is 39.3 Å². The Morgan fingerprint density at radius 2 is 2.20 bits per heavy atom. The second kappa shape index (κ2) is 5.25. The van der Waals surface area contributed by atoms with E-state index < -0.39 is 0 Å². The zero-order chi connectivity index (χ0) is 10.7. The first-order valence-corrected chi connectivity index (χ1v) is 6.12. The molecule has 0 spiro atoms. The molecule has 2 heterocycles. The van der Waals surface area contributed by atoms with Crippen LogP contribution in [0.15, 0.2) is 0 Å². The average Bonchev–Trinajstić information content (AvgIpc) is 2.65. The van der Waals surface area contributed by atoms with E-state index in [1.54, 1.807) is 0 Å². The summed E-state index contributed by atoms with van der Waals surface area (Å²) < 4.78 is 0. The van der Waals surface area contributed by atoms with Gasteiger partial charge < -0.3 is 10.8 Å². The minimum absolute atomic E-state index is 0.142. The summed E-state index contributed by atoms with van der Waals surface area (Å²) in [6.45, 7) is 5.99. The van der Waals surface area contributed by atoms with E-state index in [0.29, 0.717) is 0 Å². The minimum atomic E-state index is 0.142. The van der Waals surface area contributed by atoms with Gasteiger partial charge in [0.25, 0.3) is 0 Å². The van der Waals surface area contributed by atoms with E-state index in [-0.39, 0.29) is 12.6 Å². The van der Waals surface area contributed by atoms with Gasteiger partial charge in [0, 0.05) is 44.9 Å². The maximum Gasteiger partial charge on any atom is 0.0446 e. The lowest BCUT2D eigenvalue weighted by atomic mass is 10.1. The zero-order valence-electron chi connectivity index (χ0n) is 9.44. The summed E-state index contributed by atoms with van der Waals surface area (Å²) in [5.41, 5.74) is 5.94. The molecule has 2 rings (SSSR count). The van der Waals surface area contributed by atoms with Crippen molar-refractivity contribution in [3.05, 3.63) is 0 Å². The third kappa shape index (κ3) is 2.91.